The number of amides is 1. The Bertz CT molecular complexity index is 990. The predicted molar refractivity (Wildman–Crippen MR) is 114 cm³/mol. The van der Waals surface area contributed by atoms with Crippen molar-refractivity contribution in [1.82, 2.24) is 15.3 Å². The summed E-state index contributed by atoms with van der Waals surface area (Å²) in [5.41, 5.74) is 4.92. The van der Waals surface area contributed by atoms with Crippen molar-refractivity contribution in [3.8, 4) is 0 Å². The molecule has 4 rings (SSSR count). The van der Waals surface area contributed by atoms with E-state index in [0.29, 0.717) is 24.9 Å². The lowest BCUT2D eigenvalue weighted by Gasteiger charge is -2.19. The monoisotopic (exact) mass is 424 g/mol. The lowest BCUT2D eigenvalue weighted by atomic mass is 9.99. The number of H-pyrrole nitrogens is 1. The molecular weight excluding hydrogens is 402 g/mol. The van der Waals surface area contributed by atoms with Crippen LogP contribution in [0.15, 0.2) is 30.3 Å². The van der Waals surface area contributed by atoms with E-state index in [1.807, 2.05) is 31.2 Å². The van der Waals surface area contributed by atoms with Crippen LogP contribution in [0.5, 0.6) is 0 Å². The summed E-state index contributed by atoms with van der Waals surface area (Å²) in [6.07, 6.45) is 1.37. The Kier molecular flexibility index (Phi) is 7.41. The zero-order valence-electron chi connectivity index (χ0n) is 15.5. The highest BCUT2D eigenvalue weighted by atomic mass is 35.5. The van der Waals surface area contributed by atoms with Gasteiger partial charge in [0.05, 0.1) is 16.7 Å². The second-order valence-corrected chi connectivity index (χ2v) is 6.69. The van der Waals surface area contributed by atoms with Crippen molar-refractivity contribution in [2.24, 2.45) is 0 Å². The summed E-state index contributed by atoms with van der Waals surface area (Å²) in [6.45, 7) is 3.44. The second-order valence-electron chi connectivity index (χ2n) is 6.69. The Morgan fingerprint density at radius 3 is 2.86 bits per heavy atom. The van der Waals surface area contributed by atoms with E-state index in [4.69, 9.17) is 0 Å². The topological polar surface area (TPSA) is 69.8 Å². The van der Waals surface area contributed by atoms with Crippen LogP contribution in [0.25, 0.3) is 11.0 Å². The first-order valence-corrected chi connectivity index (χ1v) is 8.87. The van der Waals surface area contributed by atoms with Crippen molar-refractivity contribution < 1.29 is 9.18 Å². The quantitative estimate of drug-likeness (QED) is 0.590. The summed E-state index contributed by atoms with van der Waals surface area (Å²) in [5.74, 6) is 0.244. The molecule has 2 heterocycles. The molecule has 1 aliphatic heterocycles. The van der Waals surface area contributed by atoms with E-state index in [1.54, 1.807) is 6.07 Å². The number of nitrogens with one attached hydrogen (secondary N) is 3. The van der Waals surface area contributed by atoms with E-state index in [1.165, 1.54) is 0 Å². The molecule has 8 heteroatoms. The second kappa shape index (κ2) is 9.37. The van der Waals surface area contributed by atoms with Crippen LogP contribution >= 0.6 is 24.8 Å². The average molecular weight is 425 g/mol. The first-order valence-electron chi connectivity index (χ1n) is 8.87. The van der Waals surface area contributed by atoms with E-state index in [0.717, 1.165) is 34.5 Å². The molecule has 0 saturated heterocycles. The van der Waals surface area contributed by atoms with Crippen LogP contribution in [0, 0.1) is 12.7 Å². The van der Waals surface area contributed by atoms with Gasteiger partial charge in [0.2, 0.25) is 5.91 Å². The van der Waals surface area contributed by atoms with Crippen LogP contribution < -0.4 is 10.6 Å². The zero-order chi connectivity index (χ0) is 18.1. The number of aromatic nitrogens is 2. The van der Waals surface area contributed by atoms with Crippen LogP contribution in [0.3, 0.4) is 0 Å². The average Bonchev–Trinajstić information content (AvgIpc) is 3.07. The molecule has 0 unspecified atom stereocenters. The number of anilines is 1. The maximum absolute atomic E-state index is 14.6. The molecule has 1 aromatic heterocycles. The van der Waals surface area contributed by atoms with Gasteiger partial charge >= 0.3 is 0 Å². The molecule has 1 aliphatic rings. The number of hydrogen-bond acceptors (Lipinski definition) is 3. The Morgan fingerprint density at radius 1 is 1.25 bits per heavy atom. The van der Waals surface area contributed by atoms with Crippen molar-refractivity contribution in [3.63, 3.8) is 0 Å². The third-order valence-electron chi connectivity index (χ3n) is 4.83. The molecule has 0 bridgehead atoms. The van der Waals surface area contributed by atoms with Crippen LogP contribution in [0.2, 0.25) is 0 Å². The summed E-state index contributed by atoms with van der Waals surface area (Å²) in [5, 5.41) is 5.92. The molecule has 28 heavy (non-hydrogen) atoms. The lowest BCUT2D eigenvalue weighted by molar-refractivity contribution is -0.116. The molecule has 3 N–H and O–H groups in total. The van der Waals surface area contributed by atoms with Gasteiger partial charge in [0.15, 0.2) is 0 Å². The smallest absolute Gasteiger partial charge is 0.224 e. The van der Waals surface area contributed by atoms with Crippen molar-refractivity contribution in [2.45, 2.75) is 32.7 Å². The number of aryl methyl sites for hydroxylation is 2. The number of hydrogen-bond donors (Lipinski definition) is 3. The minimum atomic E-state index is -0.309. The van der Waals surface area contributed by atoms with Crippen molar-refractivity contribution >= 4 is 47.4 Å². The Hall–Kier alpha value is -2.15. The van der Waals surface area contributed by atoms with Gasteiger partial charge < -0.3 is 15.6 Å². The SMILES string of the molecule is Cc1cccc2[nH]c(CCC(=O)Nc3ccc4c(c3F)CCNC4)nc12.Cl.Cl. The van der Waals surface area contributed by atoms with E-state index >= 15 is 0 Å². The highest BCUT2D eigenvalue weighted by Crippen LogP contribution is 2.24. The normalized spacial score (nSPS) is 12.6. The van der Waals surface area contributed by atoms with Crippen LogP contribution in [-0.2, 0) is 24.2 Å². The summed E-state index contributed by atoms with van der Waals surface area (Å²) < 4.78 is 14.6. The minimum absolute atomic E-state index is 0. The van der Waals surface area contributed by atoms with Crippen molar-refractivity contribution in [2.75, 3.05) is 11.9 Å². The van der Waals surface area contributed by atoms with Gasteiger partial charge in [-0.2, -0.15) is 0 Å². The third kappa shape index (κ3) is 4.46. The van der Waals surface area contributed by atoms with Gasteiger partial charge in [-0.15, -0.1) is 24.8 Å². The van der Waals surface area contributed by atoms with Crippen molar-refractivity contribution in [3.05, 3.63) is 58.7 Å². The molecule has 0 fully saturated rings. The Morgan fingerprint density at radius 2 is 2.07 bits per heavy atom. The zero-order valence-corrected chi connectivity index (χ0v) is 17.1. The minimum Gasteiger partial charge on any atom is -0.342 e. The number of carbonyl (C=O) groups is 1. The predicted octanol–water partition coefficient (Wildman–Crippen LogP) is 4.07. The van der Waals surface area contributed by atoms with E-state index in [-0.39, 0.29) is 48.6 Å². The van der Waals surface area contributed by atoms with Crippen LogP contribution in [0.4, 0.5) is 10.1 Å². The fraction of sp³-hybridized carbons (Fsp3) is 0.300. The van der Waals surface area contributed by atoms with Crippen molar-refractivity contribution in [1.29, 1.82) is 0 Å². The number of benzene rings is 2. The van der Waals surface area contributed by atoms with Gasteiger partial charge in [0.1, 0.15) is 11.6 Å². The van der Waals surface area contributed by atoms with E-state index in [9.17, 15) is 9.18 Å². The highest BCUT2D eigenvalue weighted by molar-refractivity contribution is 5.91. The standard InChI is InChI=1S/C20H21FN4O.2ClH/c1-12-3-2-4-16-20(12)25-17(23-16)7-8-18(26)24-15-6-5-13-11-22-10-9-14(13)19(15)21;;/h2-6,22H,7-11H2,1H3,(H,23,25)(H,24,26);2*1H. The molecule has 3 aromatic rings. The molecule has 2 aromatic carbocycles. The molecule has 0 atom stereocenters. The molecule has 0 saturated carbocycles. The number of imidazole rings is 1. The van der Waals surface area contributed by atoms with Crippen LogP contribution in [0.1, 0.15) is 28.9 Å². The number of halogens is 3. The molecule has 0 radical (unpaired) electrons. The molecule has 0 aliphatic carbocycles. The summed E-state index contributed by atoms with van der Waals surface area (Å²) in [7, 11) is 0. The molecule has 1 amide bonds. The fourth-order valence-corrected chi connectivity index (χ4v) is 3.42. The first-order chi connectivity index (χ1) is 12.6. The summed E-state index contributed by atoms with van der Waals surface area (Å²) >= 11 is 0. The van der Waals surface area contributed by atoms with E-state index in [2.05, 4.69) is 20.6 Å². The fourth-order valence-electron chi connectivity index (χ4n) is 3.42. The molecular formula is C20H23Cl2FN4O. The molecule has 5 nitrogen and oxygen atoms in total. The Balaban J connectivity index is 0.00000140. The van der Waals surface area contributed by atoms with Crippen LogP contribution in [-0.4, -0.2) is 22.4 Å². The lowest BCUT2D eigenvalue weighted by Crippen LogP contribution is -2.25. The van der Waals surface area contributed by atoms with E-state index < -0.39 is 0 Å². The highest BCUT2D eigenvalue weighted by Gasteiger charge is 2.17. The maximum atomic E-state index is 14.6. The largest absolute Gasteiger partial charge is 0.342 e. The number of rotatable bonds is 4. The number of aromatic amines is 1. The van der Waals surface area contributed by atoms with Gasteiger partial charge in [-0.25, -0.2) is 9.37 Å². The van der Waals surface area contributed by atoms with Gasteiger partial charge in [0, 0.05) is 19.4 Å². The summed E-state index contributed by atoms with van der Waals surface area (Å²) in [6, 6.07) is 9.47. The first kappa shape index (κ1) is 22.1. The third-order valence-corrected chi connectivity index (χ3v) is 4.83. The van der Waals surface area contributed by atoms with Gasteiger partial charge in [-0.05, 0) is 48.7 Å². The number of nitrogens with zero attached hydrogens (tertiary/aromatic N) is 1. The molecule has 0 spiro atoms. The van der Waals surface area contributed by atoms with Gasteiger partial charge in [-0.1, -0.05) is 18.2 Å². The number of carbonyl (C=O) groups excluding carboxylic acids is 1. The summed E-state index contributed by atoms with van der Waals surface area (Å²) in [4.78, 5) is 20.0. The van der Waals surface area contributed by atoms with Gasteiger partial charge in [0.25, 0.3) is 0 Å². The van der Waals surface area contributed by atoms with Gasteiger partial charge in [-0.3, -0.25) is 4.79 Å². The Labute approximate surface area is 175 Å². The number of para-hydroxylation sites is 1. The number of fused-ring (bicyclic) bond motifs is 2. The maximum Gasteiger partial charge on any atom is 0.224 e. The molecule has 150 valence electrons.